The number of hydrogen-bond donors (Lipinski definition) is 1. The summed E-state index contributed by atoms with van der Waals surface area (Å²) in [6, 6.07) is 12.9. The highest BCUT2D eigenvalue weighted by Crippen LogP contribution is 2.35. The molecule has 25 heavy (non-hydrogen) atoms. The van der Waals surface area contributed by atoms with Crippen molar-refractivity contribution < 1.29 is 14.6 Å². The molecule has 2 fully saturated rings. The fourth-order valence-electron chi connectivity index (χ4n) is 4.24. The Morgan fingerprint density at radius 2 is 1.92 bits per heavy atom. The van der Waals surface area contributed by atoms with Gasteiger partial charge in [-0.15, -0.1) is 0 Å². The van der Waals surface area contributed by atoms with Gasteiger partial charge in [0.25, 0.3) is 0 Å². The molecule has 0 radical (unpaired) electrons. The summed E-state index contributed by atoms with van der Waals surface area (Å²) >= 11 is 0. The zero-order valence-electron chi connectivity index (χ0n) is 14.9. The molecule has 0 unspecified atom stereocenters. The van der Waals surface area contributed by atoms with Crippen LogP contribution in [0.5, 0.6) is 5.75 Å². The predicted octanol–water partition coefficient (Wildman–Crippen LogP) is 3.35. The Bertz CT molecular complexity index is 737. The van der Waals surface area contributed by atoms with E-state index < -0.39 is 0 Å². The van der Waals surface area contributed by atoms with Gasteiger partial charge in [-0.1, -0.05) is 18.2 Å². The van der Waals surface area contributed by atoms with Crippen LogP contribution in [-0.2, 0) is 11.3 Å². The van der Waals surface area contributed by atoms with Gasteiger partial charge < -0.3 is 14.6 Å². The molecule has 0 amide bonds. The van der Waals surface area contributed by atoms with Gasteiger partial charge in [-0.25, -0.2) is 0 Å². The summed E-state index contributed by atoms with van der Waals surface area (Å²) in [6.07, 6.45) is 3.43. The number of fused-ring (bicyclic) bond motifs is 1. The Morgan fingerprint density at radius 1 is 1.16 bits per heavy atom. The van der Waals surface area contributed by atoms with Crippen molar-refractivity contribution in [1.29, 1.82) is 0 Å². The molecular formula is C21H27NO3. The average Bonchev–Trinajstić information content (AvgIpc) is 2.65. The molecule has 1 spiro atoms. The number of aliphatic hydroxyl groups excluding tert-OH is 1. The molecule has 0 aliphatic carbocycles. The molecule has 134 valence electrons. The Hall–Kier alpha value is -1.62. The molecule has 2 aromatic rings. The van der Waals surface area contributed by atoms with Crippen molar-refractivity contribution in [3.8, 4) is 5.75 Å². The van der Waals surface area contributed by atoms with Crippen molar-refractivity contribution >= 4 is 10.8 Å². The van der Waals surface area contributed by atoms with Crippen LogP contribution in [0.25, 0.3) is 10.8 Å². The highest BCUT2D eigenvalue weighted by molar-refractivity contribution is 5.84. The van der Waals surface area contributed by atoms with E-state index in [1.165, 1.54) is 16.3 Å². The predicted molar refractivity (Wildman–Crippen MR) is 98.9 cm³/mol. The van der Waals surface area contributed by atoms with Crippen LogP contribution in [0.2, 0.25) is 0 Å². The standard InChI is InChI=1S/C21H27NO3/c1-24-19-7-6-17-13-16(4-5-18(17)14-19)15-22-10-8-21(9-11-22)20(23)3-2-12-25-21/h4-7,13-14,20,23H,2-3,8-12,15H2,1H3/t20-/m0/s1. The molecule has 2 heterocycles. The van der Waals surface area contributed by atoms with E-state index in [-0.39, 0.29) is 11.7 Å². The van der Waals surface area contributed by atoms with E-state index in [0.29, 0.717) is 0 Å². The maximum absolute atomic E-state index is 10.4. The molecule has 2 aliphatic heterocycles. The lowest BCUT2D eigenvalue weighted by Crippen LogP contribution is -2.55. The van der Waals surface area contributed by atoms with Gasteiger partial charge in [0.2, 0.25) is 0 Å². The summed E-state index contributed by atoms with van der Waals surface area (Å²) in [5.74, 6) is 0.896. The van der Waals surface area contributed by atoms with E-state index in [2.05, 4.69) is 35.2 Å². The Morgan fingerprint density at radius 3 is 2.68 bits per heavy atom. The first-order valence-electron chi connectivity index (χ1n) is 9.30. The van der Waals surface area contributed by atoms with Crippen LogP contribution < -0.4 is 4.74 Å². The van der Waals surface area contributed by atoms with Gasteiger partial charge in [0.05, 0.1) is 18.8 Å². The molecule has 4 nitrogen and oxygen atoms in total. The van der Waals surface area contributed by atoms with Crippen molar-refractivity contribution in [3.63, 3.8) is 0 Å². The van der Waals surface area contributed by atoms with E-state index in [9.17, 15) is 5.11 Å². The molecule has 1 atom stereocenters. The smallest absolute Gasteiger partial charge is 0.119 e. The first-order chi connectivity index (χ1) is 12.2. The van der Waals surface area contributed by atoms with Crippen molar-refractivity contribution in [2.45, 2.75) is 43.9 Å². The fraction of sp³-hybridized carbons (Fsp3) is 0.524. The van der Waals surface area contributed by atoms with E-state index in [1.807, 2.05) is 6.07 Å². The third kappa shape index (κ3) is 3.39. The van der Waals surface area contributed by atoms with Crippen LogP contribution in [-0.4, -0.2) is 48.5 Å². The van der Waals surface area contributed by atoms with Crippen LogP contribution >= 0.6 is 0 Å². The summed E-state index contributed by atoms with van der Waals surface area (Å²) in [6.45, 7) is 3.72. The van der Waals surface area contributed by atoms with Gasteiger partial charge in [0, 0.05) is 26.2 Å². The summed E-state index contributed by atoms with van der Waals surface area (Å²) in [7, 11) is 1.70. The number of nitrogens with zero attached hydrogens (tertiary/aromatic N) is 1. The Labute approximate surface area is 149 Å². The third-order valence-electron chi connectivity index (χ3n) is 5.84. The largest absolute Gasteiger partial charge is 0.497 e. The molecule has 4 rings (SSSR count). The fourth-order valence-corrected chi connectivity index (χ4v) is 4.24. The molecule has 4 heteroatoms. The van der Waals surface area contributed by atoms with Crippen molar-refractivity contribution in [2.24, 2.45) is 0 Å². The molecule has 0 bridgehead atoms. The molecule has 2 aromatic carbocycles. The van der Waals surface area contributed by atoms with Gasteiger partial charge in [0.1, 0.15) is 5.75 Å². The van der Waals surface area contributed by atoms with Gasteiger partial charge in [0.15, 0.2) is 0 Å². The number of ether oxygens (including phenoxy) is 2. The summed E-state index contributed by atoms with van der Waals surface area (Å²) < 4.78 is 11.3. The van der Waals surface area contributed by atoms with Gasteiger partial charge >= 0.3 is 0 Å². The minimum Gasteiger partial charge on any atom is -0.497 e. The van der Waals surface area contributed by atoms with Gasteiger partial charge in [-0.05, 0) is 60.2 Å². The van der Waals surface area contributed by atoms with Crippen LogP contribution in [0, 0.1) is 0 Å². The number of hydrogen-bond acceptors (Lipinski definition) is 4. The number of rotatable bonds is 3. The maximum Gasteiger partial charge on any atom is 0.119 e. The van der Waals surface area contributed by atoms with Crippen molar-refractivity contribution in [2.75, 3.05) is 26.8 Å². The zero-order chi connectivity index (χ0) is 17.3. The third-order valence-corrected chi connectivity index (χ3v) is 5.84. The highest BCUT2D eigenvalue weighted by atomic mass is 16.5. The van der Waals surface area contributed by atoms with Gasteiger partial charge in [-0.2, -0.15) is 0 Å². The van der Waals surface area contributed by atoms with Crippen LogP contribution in [0.15, 0.2) is 36.4 Å². The molecule has 2 aliphatic rings. The second-order valence-electron chi connectivity index (χ2n) is 7.39. The molecule has 0 aromatic heterocycles. The average molecular weight is 341 g/mol. The number of aliphatic hydroxyl groups is 1. The van der Waals surface area contributed by atoms with Crippen molar-refractivity contribution in [3.05, 3.63) is 42.0 Å². The summed E-state index contributed by atoms with van der Waals surface area (Å²) in [5.41, 5.74) is 1.05. The molecule has 1 N–H and O–H groups in total. The maximum atomic E-state index is 10.4. The SMILES string of the molecule is COc1ccc2cc(CN3CCC4(CC3)OCCC[C@@H]4O)ccc2c1. The Balaban J connectivity index is 1.42. The van der Waals surface area contributed by atoms with Crippen molar-refractivity contribution in [1.82, 2.24) is 4.90 Å². The van der Waals surface area contributed by atoms with Crippen LogP contribution in [0.1, 0.15) is 31.2 Å². The quantitative estimate of drug-likeness (QED) is 0.930. The summed E-state index contributed by atoms with van der Waals surface area (Å²) in [4.78, 5) is 2.47. The minimum absolute atomic E-state index is 0.283. The number of methoxy groups -OCH3 is 1. The molecule has 0 saturated carbocycles. The van der Waals surface area contributed by atoms with E-state index >= 15 is 0 Å². The second-order valence-corrected chi connectivity index (χ2v) is 7.39. The lowest BCUT2D eigenvalue weighted by atomic mass is 9.82. The van der Waals surface area contributed by atoms with Gasteiger partial charge in [-0.3, -0.25) is 4.90 Å². The minimum atomic E-state index is -0.293. The highest BCUT2D eigenvalue weighted by Gasteiger charge is 2.43. The lowest BCUT2D eigenvalue weighted by molar-refractivity contribution is -0.177. The van der Waals surface area contributed by atoms with Crippen LogP contribution in [0.3, 0.4) is 0 Å². The zero-order valence-corrected chi connectivity index (χ0v) is 14.9. The first-order valence-corrected chi connectivity index (χ1v) is 9.30. The number of likely N-dealkylation sites (tertiary alicyclic amines) is 1. The van der Waals surface area contributed by atoms with E-state index in [4.69, 9.17) is 9.47 Å². The van der Waals surface area contributed by atoms with Crippen LogP contribution in [0.4, 0.5) is 0 Å². The topological polar surface area (TPSA) is 41.9 Å². The number of benzene rings is 2. The number of piperidine rings is 1. The van der Waals surface area contributed by atoms with E-state index in [1.54, 1.807) is 7.11 Å². The second kappa shape index (κ2) is 6.94. The lowest BCUT2D eigenvalue weighted by Gasteiger charge is -2.46. The summed E-state index contributed by atoms with van der Waals surface area (Å²) in [5, 5.41) is 12.8. The van der Waals surface area contributed by atoms with E-state index in [0.717, 1.165) is 57.7 Å². The normalized spacial score (nSPS) is 23.8. The molecule has 2 saturated heterocycles. The molecular weight excluding hydrogens is 314 g/mol. The Kier molecular flexibility index (Phi) is 4.67. The first kappa shape index (κ1) is 16.8. The monoisotopic (exact) mass is 341 g/mol.